The van der Waals surface area contributed by atoms with E-state index < -0.39 is 11.8 Å². The Balaban J connectivity index is 1.65. The van der Waals surface area contributed by atoms with Crippen LogP contribution in [-0.2, 0) is 9.59 Å². The van der Waals surface area contributed by atoms with Gasteiger partial charge in [-0.05, 0) is 35.0 Å². The Labute approximate surface area is 194 Å². The minimum Gasteiger partial charge on any atom is -0.497 e. The average Bonchev–Trinajstić information content (AvgIpc) is 3.45. The standard InChI is InChI=1S/C26H20N2O4S/c1-31-17-12-13-21(32-2)20(15-17)28-25(29)23(22-11-6-14-33-22)24(26(28)30)27-19-10-5-8-16-7-3-4-9-18(16)19/h3-15,27H,1-2H3. The molecule has 0 radical (unpaired) electrons. The third kappa shape index (κ3) is 3.52. The molecular formula is C26H20N2O4S. The second-order valence-electron chi connectivity index (χ2n) is 7.36. The van der Waals surface area contributed by atoms with E-state index in [9.17, 15) is 9.59 Å². The number of imide groups is 1. The van der Waals surface area contributed by atoms with Crippen LogP contribution in [0.4, 0.5) is 11.4 Å². The van der Waals surface area contributed by atoms with E-state index in [2.05, 4.69) is 5.32 Å². The van der Waals surface area contributed by atoms with Gasteiger partial charge in [0.05, 0.1) is 25.5 Å². The first kappa shape index (κ1) is 20.8. The number of benzene rings is 3. The fourth-order valence-electron chi connectivity index (χ4n) is 3.95. The molecule has 164 valence electrons. The summed E-state index contributed by atoms with van der Waals surface area (Å²) in [5.41, 5.74) is 1.63. The Morgan fingerprint density at radius 1 is 0.848 bits per heavy atom. The number of nitrogens with zero attached hydrogens (tertiary/aromatic N) is 1. The van der Waals surface area contributed by atoms with Gasteiger partial charge in [0, 0.05) is 22.0 Å². The number of hydrogen-bond acceptors (Lipinski definition) is 6. The van der Waals surface area contributed by atoms with E-state index in [1.54, 1.807) is 18.2 Å². The Bertz CT molecular complexity index is 1400. The molecule has 1 aromatic heterocycles. The predicted molar refractivity (Wildman–Crippen MR) is 131 cm³/mol. The van der Waals surface area contributed by atoms with Gasteiger partial charge >= 0.3 is 0 Å². The zero-order valence-electron chi connectivity index (χ0n) is 18.0. The molecule has 0 saturated heterocycles. The number of anilines is 2. The van der Waals surface area contributed by atoms with Crippen LogP contribution in [0.5, 0.6) is 11.5 Å². The highest BCUT2D eigenvalue weighted by Crippen LogP contribution is 2.41. The molecule has 0 unspecified atom stereocenters. The molecule has 0 saturated carbocycles. The summed E-state index contributed by atoms with van der Waals surface area (Å²) in [6, 6.07) is 22.4. The van der Waals surface area contributed by atoms with E-state index in [1.807, 2.05) is 60.0 Å². The smallest absolute Gasteiger partial charge is 0.282 e. The number of methoxy groups -OCH3 is 2. The predicted octanol–water partition coefficient (Wildman–Crippen LogP) is 5.32. The minimum absolute atomic E-state index is 0.226. The van der Waals surface area contributed by atoms with E-state index in [0.717, 1.165) is 21.4 Å². The lowest BCUT2D eigenvalue weighted by molar-refractivity contribution is -0.120. The zero-order valence-corrected chi connectivity index (χ0v) is 18.8. The van der Waals surface area contributed by atoms with Gasteiger partial charge in [-0.2, -0.15) is 0 Å². The second kappa shape index (κ2) is 8.44. The zero-order chi connectivity index (χ0) is 22.9. The number of nitrogens with one attached hydrogen (secondary N) is 1. The van der Waals surface area contributed by atoms with E-state index >= 15 is 0 Å². The number of hydrogen-bond donors (Lipinski definition) is 1. The third-order valence-electron chi connectivity index (χ3n) is 5.53. The van der Waals surface area contributed by atoms with Gasteiger partial charge in [-0.1, -0.05) is 42.5 Å². The molecule has 2 amide bonds. The Morgan fingerprint density at radius 3 is 2.42 bits per heavy atom. The molecule has 5 rings (SSSR count). The van der Waals surface area contributed by atoms with Crippen molar-refractivity contribution in [3.8, 4) is 11.5 Å². The van der Waals surface area contributed by atoms with Crippen molar-refractivity contribution in [1.82, 2.24) is 0 Å². The van der Waals surface area contributed by atoms with Crippen LogP contribution in [-0.4, -0.2) is 26.0 Å². The molecule has 1 N–H and O–H groups in total. The van der Waals surface area contributed by atoms with Gasteiger partial charge in [-0.3, -0.25) is 9.59 Å². The molecule has 0 aliphatic carbocycles. The molecule has 7 heteroatoms. The summed E-state index contributed by atoms with van der Waals surface area (Å²) in [6.45, 7) is 0. The largest absolute Gasteiger partial charge is 0.497 e. The second-order valence-corrected chi connectivity index (χ2v) is 8.31. The van der Waals surface area contributed by atoms with Crippen molar-refractivity contribution >= 4 is 50.9 Å². The van der Waals surface area contributed by atoms with Gasteiger partial charge < -0.3 is 14.8 Å². The molecule has 1 aliphatic heterocycles. The molecule has 0 spiro atoms. The molecule has 0 atom stereocenters. The van der Waals surface area contributed by atoms with E-state index in [0.29, 0.717) is 27.6 Å². The summed E-state index contributed by atoms with van der Waals surface area (Å²) < 4.78 is 10.8. The topological polar surface area (TPSA) is 67.9 Å². The van der Waals surface area contributed by atoms with Gasteiger partial charge in [0.15, 0.2) is 0 Å². The molecule has 3 aromatic carbocycles. The Hall–Kier alpha value is -4.10. The molecular weight excluding hydrogens is 436 g/mol. The van der Waals surface area contributed by atoms with Crippen LogP contribution < -0.4 is 19.7 Å². The SMILES string of the molecule is COc1ccc(OC)c(N2C(=O)C(Nc3cccc4ccccc34)=C(c3cccs3)C2=O)c1. The molecule has 4 aromatic rings. The summed E-state index contributed by atoms with van der Waals surface area (Å²) >= 11 is 1.41. The van der Waals surface area contributed by atoms with E-state index in [-0.39, 0.29) is 5.70 Å². The first-order chi connectivity index (χ1) is 16.1. The van der Waals surface area contributed by atoms with Crippen LogP contribution in [0.25, 0.3) is 16.3 Å². The molecule has 1 aliphatic rings. The number of thiophene rings is 1. The molecule has 0 bridgehead atoms. The van der Waals surface area contributed by atoms with Gasteiger partial charge in [-0.25, -0.2) is 4.90 Å². The highest BCUT2D eigenvalue weighted by Gasteiger charge is 2.42. The van der Waals surface area contributed by atoms with Crippen molar-refractivity contribution in [3.05, 3.63) is 88.8 Å². The van der Waals surface area contributed by atoms with Crippen LogP contribution in [0.1, 0.15) is 4.88 Å². The lowest BCUT2D eigenvalue weighted by Gasteiger charge is -2.19. The average molecular weight is 457 g/mol. The summed E-state index contributed by atoms with van der Waals surface area (Å²) in [7, 11) is 3.03. The summed E-state index contributed by atoms with van der Waals surface area (Å²) in [4.78, 5) is 29.2. The van der Waals surface area contributed by atoms with Crippen LogP contribution >= 0.6 is 11.3 Å². The van der Waals surface area contributed by atoms with Crippen molar-refractivity contribution in [2.75, 3.05) is 24.4 Å². The fraction of sp³-hybridized carbons (Fsp3) is 0.0769. The fourth-order valence-corrected chi connectivity index (χ4v) is 4.72. The first-order valence-electron chi connectivity index (χ1n) is 10.3. The maximum absolute atomic E-state index is 13.7. The van der Waals surface area contributed by atoms with Gasteiger partial charge in [-0.15, -0.1) is 11.3 Å². The van der Waals surface area contributed by atoms with Gasteiger partial charge in [0.25, 0.3) is 11.8 Å². The lowest BCUT2D eigenvalue weighted by atomic mass is 10.1. The summed E-state index contributed by atoms with van der Waals surface area (Å²) in [6.07, 6.45) is 0. The van der Waals surface area contributed by atoms with Gasteiger partial charge in [0.2, 0.25) is 0 Å². The molecule has 0 fully saturated rings. The van der Waals surface area contributed by atoms with E-state index in [4.69, 9.17) is 9.47 Å². The number of carbonyl (C=O) groups is 2. The van der Waals surface area contributed by atoms with Crippen molar-refractivity contribution < 1.29 is 19.1 Å². The molecule has 2 heterocycles. The monoisotopic (exact) mass is 456 g/mol. The number of fused-ring (bicyclic) bond motifs is 1. The summed E-state index contributed by atoms with van der Waals surface area (Å²) in [5, 5.41) is 7.14. The third-order valence-corrected chi connectivity index (χ3v) is 6.42. The molecule has 6 nitrogen and oxygen atoms in total. The highest BCUT2D eigenvalue weighted by molar-refractivity contribution is 7.11. The maximum Gasteiger partial charge on any atom is 0.282 e. The quantitative estimate of drug-likeness (QED) is 0.398. The number of ether oxygens (including phenoxy) is 2. The van der Waals surface area contributed by atoms with Crippen molar-refractivity contribution in [3.63, 3.8) is 0 Å². The number of carbonyl (C=O) groups excluding carboxylic acids is 2. The normalized spacial score (nSPS) is 13.7. The van der Waals surface area contributed by atoms with E-state index in [1.165, 1.54) is 25.6 Å². The minimum atomic E-state index is -0.456. The van der Waals surface area contributed by atoms with Crippen molar-refractivity contribution in [2.24, 2.45) is 0 Å². The molecule has 33 heavy (non-hydrogen) atoms. The van der Waals surface area contributed by atoms with Crippen LogP contribution in [0.3, 0.4) is 0 Å². The van der Waals surface area contributed by atoms with Crippen LogP contribution in [0.15, 0.2) is 83.9 Å². The van der Waals surface area contributed by atoms with Crippen molar-refractivity contribution in [2.45, 2.75) is 0 Å². The summed E-state index contributed by atoms with van der Waals surface area (Å²) in [5.74, 6) is 0.0357. The first-order valence-corrected chi connectivity index (χ1v) is 11.1. The number of rotatable bonds is 6. The highest BCUT2D eigenvalue weighted by atomic mass is 32.1. The van der Waals surface area contributed by atoms with Crippen molar-refractivity contribution in [1.29, 1.82) is 0 Å². The Morgan fingerprint density at radius 2 is 1.67 bits per heavy atom. The number of amides is 2. The van der Waals surface area contributed by atoms with Crippen LogP contribution in [0, 0.1) is 0 Å². The van der Waals surface area contributed by atoms with Gasteiger partial charge in [0.1, 0.15) is 17.2 Å². The lowest BCUT2D eigenvalue weighted by Crippen LogP contribution is -2.32. The Kier molecular flexibility index (Phi) is 5.32. The maximum atomic E-state index is 13.7. The van der Waals surface area contributed by atoms with Crippen LogP contribution in [0.2, 0.25) is 0 Å².